The Labute approximate surface area is 135 Å². The van der Waals surface area contributed by atoms with Crippen LogP contribution in [0.15, 0.2) is 6.20 Å². The predicted molar refractivity (Wildman–Crippen MR) is 78.0 cm³/mol. The second-order valence-corrected chi connectivity index (χ2v) is 5.79. The summed E-state index contributed by atoms with van der Waals surface area (Å²) in [6.45, 7) is 1.11. The Bertz CT molecular complexity index is 763. The zero-order valence-corrected chi connectivity index (χ0v) is 13.2. The molecule has 0 unspecified atom stereocenters. The third-order valence-corrected chi connectivity index (χ3v) is 3.94. The van der Waals surface area contributed by atoms with Gasteiger partial charge in [0.05, 0.1) is 0 Å². The number of alkyl halides is 3. The summed E-state index contributed by atoms with van der Waals surface area (Å²) in [6, 6.07) is 0. The maximum atomic E-state index is 13.0. The summed E-state index contributed by atoms with van der Waals surface area (Å²) in [5, 5.41) is 13.5. The highest BCUT2D eigenvalue weighted by Gasteiger charge is 2.37. The molecule has 7 nitrogen and oxygen atoms in total. The van der Waals surface area contributed by atoms with Gasteiger partial charge in [-0.15, -0.1) is 0 Å². The van der Waals surface area contributed by atoms with Crippen molar-refractivity contribution in [2.45, 2.75) is 25.7 Å². The number of nitrogens with one attached hydrogen (secondary N) is 2. The van der Waals surface area contributed by atoms with Crippen LogP contribution in [0.1, 0.15) is 33.0 Å². The Hall–Kier alpha value is -2.36. The van der Waals surface area contributed by atoms with Gasteiger partial charge in [-0.05, 0) is 0 Å². The highest BCUT2D eigenvalue weighted by molar-refractivity contribution is 5.93. The number of H-pyrrole nitrogens is 1. The highest BCUT2D eigenvalue weighted by Crippen LogP contribution is 2.31. The zero-order valence-electron chi connectivity index (χ0n) is 13.2. The van der Waals surface area contributed by atoms with Gasteiger partial charge in [-0.25, -0.2) is 0 Å². The lowest BCUT2D eigenvalue weighted by molar-refractivity contribution is -0.142. The molecule has 1 aliphatic rings. The SMILES string of the molecule is CN(Cc1cn(C)nc1C(F)(F)F)C(=O)c1n[nH]c2c1CNCC2. The fourth-order valence-corrected chi connectivity index (χ4v) is 2.80. The summed E-state index contributed by atoms with van der Waals surface area (Å²) >= 11 is 0. The maximum absolute atomic E-state index is 13.0. The van der Waals surface area contributed by atoms with Crippen LogP contribution in [0.25, 0.3) is 0 Å². The molecule has 130 valence electrons. The van der Waals surface area contributed by atoms with Crippen molar-refractivity contribution in [3.63, 3.8) is 0 Å². The first-order chi connectivity index (χ1) is 11.3. The van der Waals surface area contributed by atoms with Gasteiger partial charge in [0, 0.05) is 63.2 Å². The molecule has 0 aliphatic carbocycles. The molecular formula is C14H17F3N6O. The number of hydrogen-bond acceptors (Lipinski definition) is 4. The van der Waals surface area contributed by atoms with E-state index in [1.165, 1.54) is 25.2 Å². The number of nitrogens with zero attached hydrogens (tertiary/aromatic N) is 4. The second-order valence-electron chi connectivity index (χ2n) is 5.79. The summed E-state index contributed by atoms with van der Waals surface area (Å²) < 4.78 is 40.1. The maximum Gasteiger partial charge on any atom is 0.435 e. The summed E-state index contributed by atoms with van der Waals surface area (Å²) in [4.78, 5) is 13.8. The van der Waals surface area contributed by atoms with E-state index in [1.54, 1.807) is 0 Å². The van der Waals surface area contributed by atoms with Crippen molar-refractivity contribution in [3.05, 3.63) is 34.4 Å². The largest absolute Gasteiger partial charge is 0.435 e. The van der Waals surface area contributed by atoms with E-state index in [4.69, 9.17) is 0 Å². The van der Waals surface area contributed by atoms with Gasteiger partial charge < -0.3 is 10.2 Å². The smallest absolute Gasteiger partial charge is 0.336 e. The van der Waals surface area contributed by atoms with Crippen molar-refractivity contribution in [1.29, 1.82) is 0 Å². The fraction of sp³-hybridized carbons (Fsp3) is 0.500. The molecule has 3 heterocycles. The number of aromatic amines is 1. The zero-order chi connectivity index (χ0) is 17.5. The molecule has 24 heavy (non-hydrogen) atoms. The standard InChI is InChI=1S/C14H17F3N6O/c1-22(6-8-7-23(2)21-12(8)14(15,16)17)13(24)11-9-5-18-4-3-10(9)19-20-11/h7,18H,3-6H2,1-2H3,(H,19,20). The summed E-state index contributed by atoms with van der Waals surface area (Å²) in [5.41, 5.74) is 0.888. The minimum Gasteiger partial charge on any atom is -0.336 e. The summed E-state index contributed by atoms with van der Waals surface area (Å²) in [6.07, 6.45) is -2.55. The highest BCUT2D eigenvalue weighted by atomic mass is 19.4. The molecule has 2 aromatic heterocycles. The van der Waals surface area contributed by atoms with Crippen molar-refractivity contribution in [2.75, 3.05) is 13.6 Å². The third-order valence-electron chi connectivity index (χ3n) is 3.94. The first kappa shape index (κ1) is 16.5. The van der Waals surface area contributed by atoms with Crippen molar-refractivity contribution >= 4 is 5.91 Å². The van der Waals surface area contributed by atoms with Gasteiger partial charge in [-0.2, -0.15) is 23.4 Å². The van der Waals surface area contributed by atoms with Crippen LogP contribution in [0.4, 0.5) is 13.2 Å². The Morgan fingerprint density at radius 3 is 2.92 bits per heavy atom. The average Bonchev–Trinajstić information content (AvgIpc) is 3.09. The molecule has 0 fully saturated rings. The minimum atomic E-state index is -4.56. The number of hydrogen-bond donors (Lipinski definition) is 2. The van der Waals surface area contributed by atoms with Gasteiger partial charge in [0.25, 0.3) is 5.91 Å². The molecule has 0 spiro atoms. The first-order valence-corrected chi connectivity index (χ1v) is 7.39. The normalized spacial score (nSPS) is 14.5. The molecule has 0 saturated carbocycles. The lowest BCUT2D eigenvalue weighted by Crippen LogP contribution is -2.30. The van der Waals surface area contributed by atoms with E-state index in [2.05, 4.69) is 20.6 Å². The van der Waals surface area contributed by atoms with E-state index < -0.39 is 17.8 Å². The molecule has 0 atom stereocenters. The molecule has 0 bridgehead atoms. The van der Waals surface area contributed by atoms with Crippen molar-refractivity contribution in [1.82, 2.24) is 30.2 Å². The van der Waals surface area contributed by atoms with Crippen LogP contribution >= 0.6 is 0 Å². The van der Waals surface area contributed by atoms with Crippen molar-refractivity contribution in [3.8, 4) is 0 Å². The Kier molecular flexibility index (Phi) is 4.08. The van der Waals surface area contributed by atoms with E-state index in [9.17, 15) is 18.0 Å². The van der Waals surface area contributed by atoms with Gasteiger partial charge in [-0.1, -0.05) is 0 Å². The van der Waals surface area contributed by atoms with Gasteiger partial charge in [0.2, 0.25) is 0 Å². The number of aromatic nitrogens is 4. The van der Waals surface area contributed by atoms with Crippen LogP contribution in [0.5, 0.6) is 0 Å². The quantitative estimate of drug-likeness (QED) is 0.875. The third kappa shape index (κ3) is 3.01. The van der Waals surface area contributed by atoms with E-state index >= 15 is 0 Å². The summed E-state index contributed by atoms with van der Waals surface area (Å²) in [7, 11) is 2.86. The Balaban J connectivity index is 1.82. The molecule has 1 aliphatic heterocycles. The average molecular weight is 342 g/mol. The Morgan fingerprint density at radius 1 is 1.46 bits per heavy atom. The lowest BCUT2D eigenvalue weighted by Gasteiger charge is -2.18. The van der Waals surface area contributed by atoms with E-state index in [-0.39, 0.29) is 17.8 Å². The topological polar surface area (TPSA) is 78.8 Å². The second kappa shape index (κ2) is 5.93. The Morgan fingerprint density at radius 2 is 2.21 bits per heavy atom. The number of fused-ring (bicyclic) bond motifs is 1. The fourth-order valence-electron chi connectivity index (χ4n) is 2.80. The number of rotatable bonds is 3. The predicted octanol–water partition coefficient (Wildman–Crippen LogP) is 1.08. The molecule has 0 radical (unpaired) electrons. The number of carbonyl (C=O) groups is 1. The molecule has 10 heteroatoms. The molecule has 2 N–H and O–H groups in total. The number of halogens is 3. The molecule has 0 saturated heterocycles. The molecular weight excluding hydrogens is 325 g/mol. The number of carbonyl (C=O) groups excluding carboxylic acids is 1. The van der Waals surface area contributed by atoms with Crippen molar-refractivity contribution in [2.24, 2.45) is 7.05 Å². The molecule has 2 aromatic rings. The summed E-state index contributed by atoms with van der Waals surface area (Å²) in [5.74, 6) is -0.423. The van der Waals surface area contributed by atoms with E-state index in [0.29, 0.717) is 6.54 Å². The van der Waals surface area contributed by atoms with Crippen LogP contribution < -0.4 is 5.32 Å². The number of aryl methyl sites for hydroxylation is 1. The molecule has 3 rings (SSSR count). The first-order valence-electron chi connectivity index (χ1n) is 7.39. The minimum absolute atomic E-state index is 0.0524. The van der Waals surface area contributed by atoms with Crippen molar-refractivity contribution < 1.29 is 18.0 Å². The van der Waals surface area contributed by atoms with Gasteiger partial charge in [0.15, 0.2) is 11.4 Å². The van der Waals surface area contributed by atoms with Crippen LogP contribution in [-0.4, -0.2) is 44.4 Å². The molecule has 1 amide bonds. The lowest BCUT2D eigenvalue weighted by atomic mass is 10.1. The van der Waals surface area contributed by atoms with Crippen LogP contribution in [0.2, 0.25) is 0 Å². The van der Waals surface area contributed by atoms with Gasteiger partial charge in [0.1, 0.15) is 0 Å². The van der Waals surface area contributed by atoms with Crippen LogP contribution in [-0.2, 0) is 32.7 Å². The van der Waals surface area contributed by atoms with E-state index in [0.717, 1.165) is 28.9 Å². The monoisotopic (exact) mass is 342 g/mol. The van der Waals surface area contributed by atoms with Gasteiger partial charge >= 0.3 is 6.18 Å². The number of amides is 1. The van der Waals surface area contributed by atoms with E-state index in [1.807, 2.05) is 0 Å². The van der Waals surface area contributed by atoms with Gasteiger partial charge in [-0.3, -0.25) is 14.6 Å². The van der Waals surface area contributed by atoms with Crippen LogP contribution in [0.3, 0.4) is 0 Å². The molecule has 0 aromatic carbocycles. The van der Waals surface area contributed by atoms with Crippen LogP contribution in [0, 0.1) is 0 Å².